The van der Waals surface area contributed by atoms with Crippen LogP contribution in [0.4, 0.5) is 5.95 Å². The highest BCUT2D eigenvalue weighted by atomic mass is 16.2. The standard InChI is InChI=1S/C26H36N4O/c1-17(2)24(31)29-22-11-7-6-10-21(22)26(14-8-5-9-15-26)30-25(29)27-23(28-30)20-13-12-18(3)19(4)16-20/h12-13,16-17,21-22H,5-11,14-15H2,1-4H3. The van der Waals surface area contributed by atoms with Gasteiger partial charge in [0.25, 0.3) is 0 Å². The van der Waals surface area contributed by atoms with E-state index in [4.69, 9.17) is 10.1 Å². The minimum atomic E-state index is -0.0433. The number of hydrogen-bond acceptors (Lipinski definition) is 3. The van der Waals surface area contributed by atoms with Crippen molar-refractivity contribution in [2.24, 2.45) is 11.8 Å². The van der Waals surface area contributed by atoms with Crippen LogP contribution < -0.4 is 4.90 Å². The average Bonchev–Trinajstić information content (AvgIpc) is 3.22. The fourth-order valence-electron chi connectivity index (χ4n) is 6.40. The summed E-state index contributed by atoms with van der Waals surface area (Å²) < 4.78 is 2.23. The smallest absolute Gasteiger partial charge is 0.232 e. The summed E-state index contributed by atoms with van der Waals surface area (Å²) in [6.45, 7) is 8.29. The highest BCUT2D eigenvalue weighted by Crippen LogP contribution is 2.53. The second kappa shape index (κ2) is 7.75. The van der Waals surface area contributed by atoms with Gasteiger partial charge in [-0.3, -0.25) is 9.69 Å². The highest BCUT2D eigenvalue weighted by molar-refractivity contribution is 5.94. The SMILES string of the molecule is Cc1ccc(-c2nc3n(n2)C2(CCCCC2)C2CCCCC2N3C(=O)C(C)C)cc1C. The summed E-state index contributed by atoms with van der Waals surface area (Å²) in [5, 5.41) is 5.16. The molecular weight excluding hydrogens is 384 g/mol. The van der Waals surface area contributed by atoms with Crippen molar-refractivity contribution in [1.82, 2.24) is 14.8 Å². The molecule has 1 amide bonds. The van der Waals surface area contributed by atoms with Crippen molar-refractivity contribution in [2.75, 3.05) is 4.90 Å². The van der Waals surface area contributed by atoms with E-state index in [0.717, 1.165) is 23.8 Å². The summed E-state index contributed by atoms with van der Waals surface area (Å²) in [7, 11) is 0. The Bertz CT molecular complexity index is 985. The molecule has 2 unspecified atom stereocenters. The Labute approximate surface area is 186 Å². The number of amides is 1. The van der Waals surface area contributed by atoms with Crippen LogP contribution in [0.1, 0.15) is 82.8 Å². The first-order chi connectivity index (χ1) is 14.9. The molecule has 2 saturated carbocycles. The Kier molecular flexibility index (Phi) is 5.18. The molecule has 0 radical (unpaired) electrons. The van der Waals surface area contributed by atoms with Crippen molar-refractivity contribution in [3.63, 3.8) is 0 Å². The molecule has 0 bridgehead atoms. The lowest BCUT2D eigenvalue weighted by molar-refractivity contribution is -0.123. The monoisotopic (exact) mass is 420 g/mol. The summed E-state index contributed by atoms with van der Waals surface area (Å²) in [5.74, 6) is 2.22. The number of rotatable bonds is 2. The predicted octanol–water partition coefficient (Wildman–Crippen LogP) is 5.78. The Hall–Kier alpha value is -2.17. The zero-order chi connectivity index (χ0) is 21.8. The fraction of sp³-hybridized carbons (Fsp3) is 0.654. The quantitative estimate of drug-likeness (QED) is 0.618. The van der Waals surface area contributed by atoms with Crippen LogP contribution in [0.15, 0.2) is 18.2 Å². The summed E-state index contributed by atoms with van der Waals surface area (Å²) in [4.78, 5) is 20.6. The number of benzene rings is 1. The maximum atomic E-state index is 13.5. The molecule has 1 aliphatic heterocycles. The van der Waals surface area contributed by atoms with E-state index in [1.165, 1.54) is 62.5 Å². The Morgan fingerprint density at radius 2 is 1.77 bits per heavy atom. The maximum Gasteiger partial charge on any atom is 0.232 e. The summed E-state index contributed by atoms with van der Waals surface area (Å²) in [5.41, 5.74) is 3.61. The molecule has 5 nitrogen and oxygen atoms in total. The molecule has 2 heterocycles. The predicted molar refractivity (Wildman–Crippen MR) is 124 cm³/mol. The Morgan fingerprint density at radius 3 is 2.48 bits per heavy atom. The molecule has 1 aromatic heterocycles. The molecule has 1 spiro atoms. The number of hydrogen-bond donors (Lipinski definition) is 0. The van der Waals surface area contributed by atoms with Gasteiger partial charge >= 0.3 is 0 Å². The van der Waals surface area contributed by atoms with Crippen molar-refractivity contribution in [3.8, 4) is 11.4 Å². The second-order valence-electron chi connectivity index (χ2n) is 10.4. The van der Waals surface area contributed by atoms with Gasteiger partial charge in [0, 0.05) is 23.4 Å². The number of fused-ring (bicyclic) bond motifs is 4. The third-order valence-corrected chi connectivity index (χ3v) is 8.19. The Morgan fingerprint density at radius 1 is 1.03 bits per heavy atom. The van der Waals surface area contributed by atoms with E-state index in [-0.39, 0.29) is 23.4 Å². The van der Waals surface area contributed by atoms with Crippen molar-refractivity contribution in [2.45, 2.75) is 97.1 Å². The molecule has 3 aliphatic rings. The van der Waals surface area contributed by atoms with E-state index in [0.29, 0.717) is 5.92 Å². The van der Waals surface area contributed by atoms with Crippen LogP contribution in [-0.2, 0) is 10.3 Å². The van der Waals surface area contributed by atoms with Crippen molar-refractivity contribution < 1.29 is 4.79 Å². The van der Waals surface area contributed by atoms with Crippen LogP contribution in [-0.4, -0.2) is 26.7 Å². The van der Waals surface area contributed by atoms with Gasteiger partial charge in [-0.25, -0.2) is 4.68 Å². The van der Waals surface area contributed by atoms with Crippen molar-refractivity contribution in [1.29, 1.82) is 0 Å². The molecule has 2 atom stereocenters. The third kappa shape index (κ3) is 3.23. The molecule has 2 fully saturated rings. The molecule has 31 heavy (non-hydrogen) atoms. The Balaban J connectivity index is 1.70. The van der Waals surface area contributed by atoms with E-state index in [1.54, 1.807) is 0 Å². The van der Waals surface area contributed by atoms with Gasteiger partial charge in [0.1, 0.15) is 0 Å². The number of carbonyl (C=O) groups is 1. The maximum absolute atomic E-state index is 13.5. The van der Waals surface area contributed by atoms with E-state index >= 15 is 0 Å². The number of carbonyl (C=O) groups excluding carboxylic acids is 1. The van der Waals surface area contributed by atoms with Gasteiger partial charge in [0.15, 0.2) is 5.82 Å². The molecule has 5 heteroatoms. The number of aromatic nitrogens is 3. The normalized spacial score (nSPS) is 24.9. The average molecular weight is 421 g/mol. The van der Waals surface area contributed by atoms with Crippen LogP contribution in [0.2, 0.25) is 0 Å². The number of anilines is 1. The second-order valence-corrected chi connectivity index (χ2v) is 10.4. The van der Waals surface area contributed by atoms with Gasteiger partial charge < -0.3 is 0 Å². The zero-order valence-electron chi connectivity index (χ0n) is 19.5. The minimum Gasteiger partial charge on any atom is -0.277 e. The van der Waals surface area contributed by atoms with Gasteiger partial charge in [0.05, 0.1) is 5.54 Å². The molecular formula is C26H36N4O. The molecule has 5 rings (SSSR count). The molecule has 166 valence electrons. The lowest BCUT2D eigenvalue weighted by Crippen LogP contribution is -2.62. The summed E-state index contributed by atoms with van der Waals surface area (Å²) in [6.07, 6.45) is 10.9. The van der Waals surface area contributed by atoms with Crippen LogP contribution in [0, 0.1) is 25.7 Å². The van der Waals surface area contributed by atoms with Gasteiger partial charge in [-0.05, 0) is 56.7 Å². The van der Waals surface area contributed by atoms with Crippen molar-refractivity contribution >= 4 is 11.9 Å². The first-order valence-corrected chi connectivity index (χ1v) is 12.3. The summed E-state index contributed by atoms with van der Waals surface area (Å²) >= 11 is 0. The van der Waals surface area contributed by atoms with Crippen LogP contribution in [0.5, 0.6) is 0 Å². The van der Waals surface area contributed by atoms with Gasteiger partial charge in [0.2, 0.25) is 11.9 Å². The highest BCUT2D eigenvalue weighted by Gasteiger charge is 2.55. The molecule has 1 aromatic carbocycles. The lowest BCUT2D eigenvalue weighted by atomic mass is 9.64. The van der Waals surface area contributed by atoms with Gasteiger partial charge in [-0.15, -0.1) is 5.10 Å². The van der Waals surface area contributed by atoms with E-state index in [2.05, 4.69) is 41.6 Å². The fourth-order valence-corrected chi connectivity index (χ4v) is 6.40. The molecule has 0 saturated heterocycles. The van der Waals surface area contributed by atoms with Crippen molar-refractivity contribution in [3.05, 3.63) is 29.3 Å². The number of nitrogens with zero attached hydrogens (tertiary/aromatic N) is 4. The van der Waals surface area contributed by atoms with Gasteiger partial charge in [-0.2, -0.15) is 4.98 Å². The van der Waals surface area contributed by atoms with E-state index < -0.39 is 0 Å². The van der Waals surface area contributed by atoms with E-state index in [1.807, 2.05) is 13.8 Å². The van der Waals surface area contributed by atoms with Crippen LogP contribution >= 0.6 is 0 Å². The molecule has 2 aromatic rings. The first kappa shape index (κ1) is 20.7. The first-order valence-electron chi connectivity index (χ1n) is 12.3. The van der Waals surface area contributed by atoms with Gasteiger partial charge in [-0.1, -0.05) is 58.1 Å². The molecule has 0 N–H and O–H groups in total. The number of aryl methyl sites for hydroxylation is 2. The van der Waals surface area contributed by atoms with E-state index in [9.17, 15) is 4.79 Å². The topological polar surface area (TPSA) is 51.0 Å². The minimum absolute atomic E-state index is 0.0252. The lowest BCUT2D eigenvalue weighted by Gasteiger charge is -2.55. The zero-order valence-corrected chi connectivity index (χ0v) is 19.5. The largest absolute Gasteiger partial charge is 0.277 e. The third-order valence-electron chi connectivity index (χ3n) is 8.19. The molecule has 2 aliphatic carbocycles. The van der Waals surface area contributed by atoms with Crippen LogP contribution in [0.3, 0.4) is 0 Å². The summed E-state index contributed by atoms with van der Waals surface area (Å²) in [6, 6.07) is 6.73. The van der Waals surface area contributed by atoms with Crippen LogP contribution in [0.25, 0.3) is 11.4 Å².